The summed E-state index contributed by atoms with van der Waals surface area (Å²) < 4.78 is 5.72. The molecule has 1 heterocycles. The highest BCUT2D eigenvalue weighted by Crippen LogP contribution is 2.29. The number of nitrogens with zero attached hydrogens (tertiary/aromatic N) is 3. The second kappa shape index (κ2) is 4.75. The summed E-state index contributed by atoms with van der Waals surface area (Å²) in [5.41, 5.74) is 0.364. The van der Waals surface area contributed by atoms with Gasteiger partial charge in [-0.2, -0.15) is 10.4 Å². The predicted octanol–water partition coefficient (Wildman–Crippen LogP) is 3.29. The zero-order chi connectivity index (χ0) is 13.1. The number of hydrogen-bond donors (Lipinski definition) is 0. The Balaban J connectivity index is 2.09. The van der Waals surface area contributed by atoms with Crippen LogP contribution in [0.1, 0.15) is 5.56 Å². The van der Waals surface area contributed by atoms with Gasteiger partial charge in [0, 0.05) is 5.39 Å². The Morgan fingerprint density at radius 2 is 1.84 bits per heavy atom. The quantitative estimate of drug-likeness (QED) is 0.697. The molecule has 0 unspecified atom stereocenters. The van der Waals surface area contributed by atoms with E-state index in [9.17, 15) is 0 Å². The van der Waals surface area contributed by atoms with E-state index in [4.69, 9.17) is 10.00 Å². The number of aromatic nitrogens is 2. The van der Waals surface area contributed by atoms with E-state index in [-0.39, 0.29) is 5.88 Å². The van der Waals surface area contributed by atoms with Crippen LogP contribution in [0.4, 0.5) is 0 Å². The van der Waals surface area contributed by atoms with Crippen LogP contribution in [-0.2, 0) is 0 Å². The number of ether oxygens (including phenoxy) is 1. The Bertz CT molecular complexity index is 772. The number of benzene rings is 2. The third kappa shape index (κ3) is 2.09. The third-order valence-electron chi connectivity index (χ3n) is 2.76. The summed E-state index contributed by atoms with van der Waals surface area (Å²) in [5, 5.41) is 18.7. The van der Waals surface area contributed by atoms with E-state index in [1.54, 1.807) is 6.07 Å². The van der Waals surface area contributed by atoms with E-state index in [1.807, 2.05) is 48.5 Å². The highest BCUT2D eigenvalue weighted by molar-refractivity contribution is 5.88. The van der Waals surface area contributed by atoms with Gasteiger partial charge in [-0.3, -0.25) is 0 Å². The standard InChI is InChI=1S/C15H9N3O/c16-10-12-8-9-17-18-15(12)19-14-7-3-5-11-4-1-2-6-13(11)14/h1-9H. The van der Waals surface area contributed by atoms with Gasteiger partial charge in [0.2, 0.25) is 0 Å². The number of fused-ring (bicyclic) bond motifs is 1. The molecule has 2 aromatic carbocycles. The van der Waals surface area contributed by atoms with Gasteiger partial charge in [0.25, 0.3) is 5.88 Å². The molecule has 4 heteroatoms. The molecule has 0 spiro atoms. The molecule has 0 saturated heterocycles. The molecule has 3 aromatic rings. The maximum atomic E-state index is 9.01. The van der Waals surface area contributed by atoms with E-state index in [0.717, 1.165) is 10.8 Å². The Morgan fingerprint density at radius 1 is 1.00 bits per heavy atom. The molecule has 0 fully saturated rings. The first kappa shape index (κ1) is 11.2. The molecule has 90 valence electrons. The van der Waals surface area contributed by atoms with Gasteiger partial charge >= 0.3 is 0 Å². The molecule has 0 aliphatic carbocycles. The van der Waals surface area contributed by atoms with Crippen molar-refractivity contribution in [1.29, 1.82) is 5.26 Å². The van der Waals surface area contributed by atoms with Gasteiger partial charge in [0.1, 0.15) is 17.4 Å². The van der Waals surface area contributed by atoms with Crippen molar-refractivity contribution in [2.75, 3.05) is 0 Å². The normalized spacial score (nSPS) is 10.1. The fourth-order valence-electron chi connectivity index (χ4n) is 1.87. The highest BCUT2D eigenvalue weighted by Gasteiger charge is 2.08. The minimum Gasteiger partial charge on any atom is -0.436 e. The van der Waals surface area contributed by atoms with Gasteiger partial charge in [-0.05, 0) is 17.5 Å². The van der Waals surface area contributed by atoms with Crippen LogP contribution in [0.5, 0.6) is 11.6 Å². The molecule has 0 bridgehead atoms. The van der Waals surface area contributed by atoms with Gasteiger partial charge in [0.05, 0.1) is 6.20 Å². The fraction of sp³-hybridized carbons (Fsp3) is 0. The molecular weight excluding hydrogens is 238 g/mol. The predicted molar refractivity (Wildman–Crippen MR) is 70.8 cm³/mol. The molecular formula is C15H9N3O. The summed E-state index contributed by atoms with van der Waals surface area (Å²) in [6.07, 6.45) is 1.47. The molecule has 0 N–H and O–H groups in total. The van der Waals surface area contributed by atoms with Crippen LogP contribution in [0.3, 0.4) is 0 Å². The Morgan fingerprint density at radius 3 is 2.74 bits per heavy atom. The first-order valence-electron chi connectivity index (χ1n) is 5.76. The van der Waals surface area contributed by atoms with Crippen LogP contribution in [0, 0.1) is 11.3 Å². The SMILES string of the molecule is N#Cc1ccnnc1Oc1cccc2ccccc12. The van der Waals surface area contributed by atoms with Crippen molar-refractivity contribution in [2.24, 2.45) is 0 Å². The van der Waals surface area contributed by atoms with Crippen LogP contribution in [0.15, 0.2) is 54.7 Å². The third-order valence-corrected chi connectivity index (χ3v) is 2.76. The maximum absolute atomic E-state index is 9.01. The molecule has 0 aliphatic rings. The van der Waals surface area contributed by atoms with Gasteiger partial charge < -0.3 is 4.74 Å². The smallest absolute Gasteiger partial charge is 0.256 e. The Hall–Kier alpha value is -2.93. The van der Waals surface area contributed by atoms with Crippen LogP contribution in [-0.4, -0.2) is 10.2 Å². The van der Waals surface area contributed by atoms with E-state index >= 15 is 0 Å². The molecule has 0 saturated carbocycles. The highest BCUT2D eigenvalue weighted by atomic mass is 16.5. The lowest BCUT2D eigenvalue weighted by Crippen LogP contribution is -1.94. The molecule has 0 amide bonds. The van der Waals surface area contributed by atoms with Crippen molar-refractivity contribution >= 4 is 10.8 Å². The van der Waals surface area contributed by atoms with E-state index in [2.05, 4.69) is 10.2 Å². The minimum absolute atomic E-state index is 0.223. The summed E-state index contributed by atoms with van der Waals surface area (Å²) in [4.78, 5) is 0. The summed E-state index contributed by atoms with van der Waals surface area (Å²) in [6, 6.07) is 17.2. The zero-order valence-electron chi connectivity index (χ0n) is 9.95. The number of rotatable bonds is 2. The lowest BCUT2D eigenvalue weighted by atomic mass is 10.1. The summed E-state index contributed by atoms with van der Waals surface area (Å²) in [6.45, 7) is 0. The van der Waals surface area contributed by atoms with E-state index in [0.29, 0.717) is 11.3 Å². The summed E-state index contributed by atoms with van der Waals surface area (Å²) in [5.74, 6) is 0.886. The monoisotopic (exact) mass is 247 g/mol. The van der Waals surface area contributed by atoms with E-state index in [1.165, 1.54) is 6.20 Å². The second-order valence-corrected chi connectivity index (χ2v) is 3.94. The molecule has 0 radical (unpaired) electrons. The largest absolute Gasteiger partial charge is 0.436 e. The van der Waals surface area contributed by atoms with Crippen LogP contribution in [0.25, 0.3) is 10.8 Å². The maximum Gasteiger partial charge on any atom is 0.256 e. The average molecular weight is 247 g/mol. The first-order chi connectivity index (χ1) is 9.38. The van der Waals surface area contributed by atoms with Crippen molar-refractivity contribution in [3.63, 3.8) is 0 Å². The molecule has 1 aromatic heterocycles. The Labute approximate surface area is 109 Å². The topological polar surface area (TPSA) is 58.8 Å². The van der Waals surface area contributed by atoms with Crippen LogP contribution < -0.4 is 4.74 Å². The summed E-state index contributed by atoms with van der Waals surface area (Å²) in [7, 11) is 0. The van der Waals surface area contributed by atoms with Gasteiger partial charge in [0.15, 0.2) is 0 Å². The van der Waals surface area contributed by atoms with Crippen molar-refractivity contribution in [1.82, 2.24) is 10.2 Å². The zero-order valence-corrected chi connectivity index (χ0v) is 9.95. The lowest BCUT2D eigenvalue weighted by Gasteiger charge is -2.08. The molecule has 0 atom stereocenters. The number of hydrogen-bond acceptors (Lipinski definition) is 4. The molecule has 4 nitrogen and oxygen atoms in total. The first-order valence-corrected chi connectivity index (χ1v) is 5.76. The minimum atomic E-state index is 0.223. The van der Waals surface area contributed by atoms with Crippen molar-refractivity contribution in [2.45, 2.75) is 0 Å². The Kier molecular flexibility index (Phi) is 2.79. The fourth-order valence-corrected chi connectivity index (χ4v) is 1.87. The van der Waals surface area contributed by atoms with Gasteiger partial charge in [-0.1, -0.05) is 36.4 Å². The van der Waals surface area contributed by atoms with Crippen molar-refractivity contribution < 1.29 is 4.74 Å². The van der Waals surface area contributed by atoms with Crippen LogP contribution in [0.2, 0.25) is 0 Å². The molecule has 3 rings (SSSR count). The lowest BCUT2D eigenvalue weighted by molar-refractivity contribution is 0.458. The number of nitriles is 1. The van der Waals surface area contributed by atoms with Crippen molar-refractivity contribution in [3.8, 4) is 17.7 Å². The van der Waals surface area contributed by atoms with Gasteiger partial charge in [-0.25, -0.2) is 0 Å². The molecule has 19 heavy (non-hydrogen) atoms. The summed E-state index contributed by atoms with van der Waals surface area (Å²) >= 11 is 0. The second-order valence-electron chi connectivity index (χ2n) is 3.94. The average Bonchev–Trinajstić information content (AvgIpc) is 2.48. The van der Waals surface area contributed by atoms with Gasteiger partial charge in [-0.15, -0.1) is 5.10 Å². The van der Waals surface area contributed by atoms with Crippen molar-refractivity contribution in [3.05, 3.63) is 60.3 Å². The van der Waals surface area contributed by atoms with Crippen LogP contribution >= 0.6 is 0 Å². The van der Waals surface area contributed by atoms with E-state index < -0.39 is 0 Å². The molecule has 0 aliphatic heterocycles.